The molecule has 0 aliphatic carbocycles. The molecule has 24 heteroatoms. The number of nitrogens with zero attached hydrogens (tertiary/aromatic N) is 3. The van der Waals surface area contributed by atoms with Crippen LogP contribution in [-0.2, 0) is 62.4 Å². The topological polar surface area (TPSA) is 376 Å². The molecule has 1 aliphatic rings. The third kappa shape index (κ3) is 18.0. The Labute approximate surface area is 434 Å². The van der Waals surface area contributed by atoms with Crippen molar-refractivity contribution >= 4 is 70.0 Å². The Hall–Kier alpha value is -8.31. The average Bonchev–Trinajstić information content (AvgIpc) is 4.05. The number of nitrogens with one attached hydrogen (secondary N) is 9. The van der Waals surface area contributed by atoms with E-state index in [0.717, 1.165) is 15.8 Å². The van der Waals surface area contributed by atoms with Crippen LogP contribution in [0.1, 0.15) is 88.5 Å². The molecular weight excluding hydrogens is 967 g/mol. The van der Waals surface area contributed by atoms with Crippen molar-refractivity contribution in [3.8, 4) is 0 Å². The number of aromatic nitrogens is 3. The number of amides is 9. The van der Waals surface area contributed by atoms with Gasteiger partial charge in [0.25, 0.3) is 0 Å². The second kappa shape index (κ2) is 28.8. The number of H-pyrrole nitrogens is 2. The van der Waals surface area contributed by atoms with Gasteiger partial charge in [0.2, 0.25) is 53.2 Å². The lowest BCUT2D eigenvalue weighted by Gasteiger charge is -2.33. The highest BCUT2D eigenvalue weighted by molar-refractivity contribution is 5.99. The van der Waals surface area contributed by atoms with Gasteiger partial charge in [-0.2, -0.15) is 0 Å². The van der Waals surface area contributed by atoms with Gasteiger partial charge in [-0.25, -0.2) is 4.98 Å². The van der Waals surface area contributed by atoms with Gasteiger partial charge in [0.05, 0.1) is 12.7 Å². The molecule has 3 heterocycles. The zero-order valence-electron chi connectivity index (χ0n) is 42.6. The number of fused-ring (bicyclic) bond motifs is 1. The van der Waals surface area contributed by atoms with Gasteiger partial charge in [-0.3, -0.25) is 48.1 Å². The van der Waals surface area contributed by atoms with Crippen molar-refractivity contribution in [2.45, 2.75) is 133 Å². The molecule has 2 aromatic carbocycles. The molecule has 1 saturated heterocycles. The number of rotatable bonds is 17. The number of guanidine groups is 1. The van der Waals surface area contributed by atoms with Gasteiger partial charge in [0.1, 0.15) is 42.3 Å². The third-order valence-corrected chi connectivity index (χ3v) is 12.8. The van der Waals surface area contributed by atoms with Gasteiger partial charge in [-0.05, 0) is 55.7 Å². The number of para-hydroxylation sites is 1. The van der Waals surface area contributed by atoms with Crippen LogP contribution in [0.4, 0.5) is 0 Å². The third-order valence-electron chi connectivity index (χ3n) is 12.8. The summed E-state index contributed by atoms with van der Waals surface area (Å²) >= 11 is 0. The van der Waals surface area contributed by atoms with Crippen molar-refractivity contribution < 1.29 is 43.2 Å². The molecule has 75 heavy (non-hydrogen) atoms. The van der Waals surface area contributed by atoms with Crippen LogP contribution in [0.25, 0.3) is 10.9 Å². The van der Waals surface area contributed by atoms with E-state index in [2.05, 4.69) is 57.2 Å². The van der Waals surface area contributed by atoms with E-state index in [1.807, 2.05) is 31.2 Å². The van der Waals surface area contributed by atoms with E-state index in [1.165, 1.54) is 26.5 Å². The molecule has 4 aromatic rings. The van der Waals surface area contributed by atoms with E-state index in [0.29, 0.717) is 29.7 Å². The predicted octanol–water partition coefficient (Wildman–Crippen LogP) is -0.906. The minimum Gasteiger partial charge on any atom is -0.370 e. The number of primary amides is 1. The number of carbonyl (C=O) groups excluding carboxylic acids is 9. The average molecular weight is 1040 g/mol. The molecule has 2 aromatic heterocycles. The predicted molar refractivity (Wildman–Crippen MR) is 278 cm³/mol. The summed E-state index contributed by atoms with van der Waals surface area (Å²) in [5, 5.41) is 19.7. The zero-order valence-corrected chi connectivity index (χ0v) is 42.6. The van der Waals surface area contributed by atoms with Crippen molar-refractivity contribution in [2.75, 3.05) is 20.1 Å². The monoisotopic (exact) mass is 1040 g/mol. The van der Waals surface area contributed by atoms with E-state index in [4.69, 9.17) is 17.2 Å². The number of hydrogen-bond acceptors (Lipinski definition) is 11. The van der Waals surface area contributed by atoms with Gasteiger partial charge < -0.3 is 69.3 Å². The summed E-state index contributed by atoms with van der Waals surface area (Å²) in [6.07, 6.45) is 5.80. The molecule has 1 aliphatic heterocycles. The minimum absolute atomic E-state index is 0.0260. The zero-order chi connectivity index (χ0) is 54.4. The van der Waals surface area contributed by atoms with Crippen LogP contribution in [0.2, 0.25) is 0 Å². The van der Waals surface area contributed by atoms with Gasteiger partial charge in [0.15, 0.2) is 5.96 Å². The molecule has 0 unspecified atom stereocenters. The quantitative estimate of drug-likeness (QED) is 0.0348. The normalized spacial score (nSPS) is 21.3. The number of hydrogen-bond donors (Lipinski definition) is 12. The molecule has 15 N–H and O–H groups in total. The molecule has 0 saturated carbocycles. The summed E-state index contributed by atoms with van der Waals surface area (Å²) in [7, 11) is 1.38. The number of carbonyl (C=O) groups is 9. The fraction of sp³-hybridized carbons (Fsp3) is 0.471. The smallest absolute Gasteiger partial charge is 0.245 e. The standard InChI is InChI=1S/C51H71N15O9/c1-4-5-17-37(60-30(2)67)45(70)63-40-26-43(68)56-21-12-11-19-36(44(52)69)61-46(71)38(24-32-27-58-35-18-10-9-16-34(32)35)64-49(74)42(20-13-22-57-51(53)54)66(3)50(75)41(23-31-14-7-6-8-15-31)65-47(72)39(62-48(40)73)25-33-28-55-29-59-33/h6-10,14-16,18,27-29,36-42,58H,4-5,11-13,17,19-26H2,1-3H3,(H2,52,69)(H,55,59)(H,56,68)(H,60,67)(H,61,71)(H,62,73)(H,63,70)(H,64,74)(H,65,72)(H4,53,54,57)/t36-,37-,38-,39-,40-,41+,42-/m0/s1. The molecule has 9 amide bonds. The Kier molecular flexibility index (Phi) is 22.1. The first-order valence-electron chi connectivity index (χ1n) is 25.2. The molecule has 0 bridgehead atoms. The van der Waals surface area contributed by atoms with E-state index in [1.54, 1.807) is 36.5 Å². The van der Waals surface area contributed by atoms with Crippen LogP contribution in [-0.4, -0.2) is 141 Å². The maximum Gasteiger partial charge on any atom is 0.245 e. The Balaban J connectivity index is 1.58. The van der Waals surface area contributed by atoms with Crippen molar-refractivity contribution in [1.29, 1.82) is 0 Å². The molecule has 0 radical (unpaired) electrons. The van der Waals surface area contributed by atoms with E-state index < -0.39 is 102 Å². The van der Waals surface area contributed by atoms with E-state index in [9.17, 15) is 38.4 Å². The Morgan fingerprint density at radius 2 is 1.51 bits per heavy atom. The first-order chi connectivity index (χ1) is 35.9. The van der Waals surface area contributed by atoms with Crippen molar-refractivity contribution in [3.05, 3.63) is 90.1 Å². The summed E-state index contributed by atoms with van der Waals surface area (Å²) < 4.78 is 0. The second-order valence-corrected chi connectivity index (χ2v) is 18.6. The first-order valence-corrected chi connectivity index (χ1v) is 25.2. The Morgan fingerprint density at radius 3 is 2.20 bits per heavy atom. The van der Waals surface area contributed by atoms with Crippen LogP contribution in [0.15, 0.2) is 78.3 Å². The number of likely N-dealkylation sites (N-methyl/N-ethyl adjacent to an activating group) is 1. The van der Waals surface area contributed by atoms with E-state index >= 15 is 4.79 Å². The first kappa shape index (κ1) is 57.6. The summed E-state index contributed by atoms with van der Waals surface area (Å²) in [6, 6.07) is 6.82. The lowest BCUT2D eigenvalue weighted by molar-refractivity contribution is -0.143. The van der Waals surface area contributed by atoms with E-state index in [-0.39, 0.29) is 76.8 Å². The number of benzene rings is 2. The van der Waals surface area contributed by atoms with Crippen molar-refractivity contribution in [3.63, 3.8) is 0 Å². The lowest BCUT2D eigenvalue weighted by Crippen LogP contribution is -2.61. The second-order valence-electron chi connectivity index (χ2n) is 18.6. The lowest BCUT2D eigenvalue weighted by atomic mass is 10.00. The number of aliphatic imine (C=N–C) groups is 1. The van der Waals surface area contributed by atoms with Crippen LogP contribution in [0, 0.1) is 0 Å². The highest BCUT2D eigenvalue weighted by atomic mass is 16.2. The highest BCUT2D eigenvalue weighted by Gasteiger charge is 2.37. The molecule has 24 nitrogen and oxygen atoms in total. The Morgan fingerprint density at radius 1 is 0.813 bits per heavy atom. The largest absolute Gasteiger partial charge is 0.370 e. The number of unbranched alkanes of at least 4 members (excludes halogenated alkanes) is 1. The van der Waals surface area contributed by atoms with Crippen LogP contribution < -0.4 is 54.4 Å². The van der Waals surface area contributed by atoms with Crippen LogP contribution in [0.3, 0.4) is 0 Å². The summed E-state index contributed by atoms with van der Waals surface area (Å²) in [5.41, 5.74) is 19.5. The molecule has 5 rings (SSSR count). The van der Waals surface area contributed by atoms with Crippen molar-refractivity contribution in [2.24, 2.45) is 22.2 Å². The molecule has 1 fully saturated rings. The maximum absolute atomic E-state index is 15.1. The summed E-state index contributed by atoms with van der Waals surface area (Å²) in [6.45, 7) is 3.27. The molecule has 7 atom stereocenters. The highest BCUT2D eigenvalue weighted by Crippen LogP contribution is 2.21. The number of imidazole rings is 1. The minimum atomic E-state index is -1.58. The summed E-state index contributed by atoms with van der Waals surface area (Å²) in [5.74, 6) is -6.94. The van der Waals surface area contributed by atoms with Crippen LogP contribution in [0.5, 0.6) is 0 Å². The molecular formula is C51H71N15O9. The fourth-order valence-electron chi connectivity index (χ4n) is 8.73. The van der Waals surface area contributed by atoms with Crippen molar-refractivity contribution in [1.82, 2.24) is 57.1 Å². The Bertz CT molecular complexity index is 2620. The van der Waals surface area contributed by atoms with Crippen LogP contribution >= 0.6 is 0 Å². The van der Waals surface area contributed by atoms with Gasteiger partial charge in [-0.15, -0.1) is 0 Å². The van der Waals surface area contributed by atoms with Gasteiger partial charge in [0, 0.05) is 75.3 Å². The maximum atomic E-state index is 15.1. The summed E-state index contributed by atoms with van der Waals surface area (Å²) in [4.78, 5) is 141. The van der Waals surface area contributed by atoms with Gasteiger partial charge in [-0.1, -0.05) is 68.3 Å². The number of nitrogens with two attached hydrogens (primary N) is 3. The SMILES string of the molecule is CCCC[C@H](NC(C)=O)C(=O)N[C@H]1CC(=O)NCCCC[C@@H](C(N)=O)NC(=O)[C@H](Cc2c[nH]c3ccccc23)NC(=O)[C@H](CCCN=C(N)N)N(C)C(=O)[C@@H](Cc2ccccc2)NC(=O)[C@H](Cc2cnc[nH]2)NC1=O. The molecule has 404 valence electrons. The fourth-order valence-corrected chi connectivity index (χ4v) is 8.73. The molecule has 0 spiro atoms. The number of aromatic amines is 2. The van der Waals surface area contributed by atoms with Gasteiger partial charge >= 0.3 is 0 Å².